The Labute approximate surface area is 135 Å². The third kappa shape index (κ3) is 11.1. The molecule has 1 aromatic rings. The Kier molecular flexibility index (Phi) is 11.9. The highest BCUT2D eigenvalue weighted by atomic mass is 32.1. The van der Waals surface area contributed by atoms with Crippen molar-refractivity contribution in [1.82, 2.24) is 9.59 Å². The SMILES string of the molecule is CC(=O)C(C#N)=[N+]=[N-].CC(=O)CC#N.CC(=O)c1nnsc1N. The molecule has 0 aliphatic rings. The van der Waals surface area contributed by atoms with E-state index in [1.165, 1.54) is 19.9 Å². The van der Waals surface area contributed by atoms with Gasteiger partial charge in [0.15, 0.2) is 17.5 Å². The van der Waals surface area contributed by atoms with Gasteiger partial charge in [0.05, 0.1) is 12.5 Å². The summed E-state index contributed by atoms with van der Waals surface area (Å²) in [7, 11) is 0. The molecule has 120 valence electrons. The first-order valence-corrected chi connectivity index (χ1v) is 6.56. The fraction of sp³-hybridized carbons (Fsp3) is 0.333. The van der Waals surface area contributed by atoms with E-state index >= 15 is 0 Å². The van der Waals surface area contributed by atoms with Gasteiger partial charge in [-0.2, -0.15) is 15.3 Å². The maximum absolute atomic E-state index is 10.6. The number of rotatable bonds is 3. The summed E-state index contributed by atoms with van der Waals surface area (Å²) in [5.74, 6) is -0.742. The number of carbonyl (C=O) groups is 3. The van der Waals surface area contributed by atoms with E-state index in [1.54, 1.807) is 6.07 Å². The number of nitrogens with zero attached hydrogens (tertiary/aromatic N) is 6. The molecule has 0 radical (unpaired) electrons. The molecule has 0 amide bonds. The first kappa shape index (κ1) is 22.0. The van der Waals surface area contributed by atoms with Gasteiger partial charge in [-0.3, -0.25) is 14.4 Å². The zero-order valence-electron chi connectivity index (χ0n) is 12.6. The lowest BCUT2D eigenvalue weighted by molar-refractivity contribution is -0.116. The smallest absolute Gasteiger partial charge is 0.387 e. The largest absolute Gasteiger partial charge is 0.433 e. The summed E-state index contributed by atoms with van der Waals surface area (Å²) < 4.78 is 3.49. The summed E-state index contributed by atoms with van der Waals surface area (Å²) >= 11 is 1.03. The molecule has 2 N–H and O–H groups in total. The van der Waals surface area contributed by atoms with Crippen LogP contribution in [-0.4, -0.2) is 37.4 Å². The van der Waals surface area contributed by atoms with E-state index in [2.05, 4.69) is 14.4 Å². The van der Waals surface area contributed by atoms with Crippen molar-refractivity contribution in [3.8, 4) is 12.1 Å². The molecule has 23 heavy (non-hydrogen) atoms. The number of anilines is 1. The van der Waals surface area contributed by atoms with Crippen LogP contribution in [0.15, 0.2) is 0 Å². The molecular formula is C12H13N7O3S. The zero-order valence-corrected chi connectivity index (χ0v) is 13.4. The van der Waals surface area contributed by atoms with Gasteiger partial charge < -0.3 is 11.3 Å². The molecule has 1 heterocycles. The first-order valence-electron chi connectivity index (χ1n) is 5.79. The van der Waals surface area contributed by atoms with Crippen molar-refractivity contribution < 1.29 is 19.2 Å². The van der Waals surface area contributed by atoms with Crippen molar-refractivity contribution in [3.63, 3.8) is 0 Å². The molecule has 0 bridgehead atoms. The van der Waals surface area contributed by atoms with Gasteiger partial charge in [-0.15, -0.1) is 5.10 Å². The number of aromatic nitrogens is 2. The molecule has 1 rings (SSSR count). The van der Waals surface area contributed by atoms with E-state index in [9.17, 15) is 14.4 Å². The van der Waals surface area contributed by atoms with Gasteiger partial charge in [0.2, 0.25) is 0 Å². The van der Waals surface area contributed by atoms with Gasteiger partial charge in [-0.1, -0.05) is 4.49 Å². The molecule has 0 saturated carbocycles. The summed E-state index contributed by atoms with van der Waals surface area (Å²) in [5, 5.41) is 19.6. The number of carbonyl (C=O) groups excluding carboxylic acids is 3. The summed E-state index contributed by atoms with van der Waals surface area (Å²) in [6.45, 7) is 3.95. The number of hydrogen-bond acceptors (Lipinski definition) is 9. The number of ketones is 3. The highest BCUT2D eigenvalue weighted by Crippen LogP contribution is 2.11. The minimum atomic E-state index is -0.532. The lowest BCUT2D eigenvalue weighted by atomic mass is 10.3. The van der Waals surface area contributed by atoms with Crippen molar-refractivity contribution >= 4 is 39.6 Å². The molecule has 11 heteroatoms. The molecule has 0 aliphatic heterocycles. The summed E-state index contributed by atoms with van der Waals surface area (Å²) in [5.41, 5.74) is 13.0. The van der Waals surface area contributed by atoms with Crippen molar-refractivity contribution in [2.75, 3.05) is 5.73 Å². The van der Waals surface area contributed by atoms with Crippen LogP contribution in [0.4, 0.5) is 5.00 Å². The van der Waals surface area contributed by atoms with Crippen LogP contribution < -0.4 is 5.73 Å². The lowest BCUT2D eigenvalue weighted by Crippen LogP contribution is -2.06. The molecule has 0 saturated heterocycles. The summed E-state index contributed by atoms with van der Waals surface area (Å²) in [6.07, 6.45) is 0.0417. The van der Waals surface area contributed by atoms with E-state index in [0.29, 0.717) is 5.00 Å². The van der Waals surface area contributed by atoms with Crippen LogP contribution in [0.1, 0.15) is 37.7 Å². The Hall–Kier alpha value is -3.27. The molecule has 0 spiro atoms. The molecule has 0 atom stereocenters. The minimum absolute atomic E-state index is 0.0417. The molecule has 0 aromatic carbocycles. The Morgan fingerprint density at radius 1 is 1.30 bits per heavy atom. The standard InChI is InChI=1S/C4H5N3OS.C4H3N3O.C4H5NO/c1-2(8)3-4(5)9-7-6-3;1-3(8)4(2-5)7-6;1-4(6)2-3-5/h5H2,1H3;1H3;2H2,1H3. The average molecular weight is 335 g/mol. The van der Waals surface area contributed by atoms with E-state index in [0.717, 1.165) is 18.5 Å². The van der Waals surface area contributed by atoms with Gasteiger partial charge in [-0.25, -0.2) is 0 Å². The second-order valence-corrected chi connectivity index (χ2v) is 4.48. The van der Waals surface area contributed by atoms with Gasteiger partial charge in [0.1, 0.15) is 10.8 Å². The highest BCUT2D eigenvalue weighted by molar-refractivity contribution is 7.10. The molecule has 1 aromatic heterocycles. The number of nitrogen functional groups attached to an aromatic ring is 1. The molecule has 0 unspecified atom stereocenters. The third-order valence-corrected chi connectivity index (χ3v) is 2.27. The summed E-state index contributed by atoms with van der Waals surface area (Å²) in [4.78, 5) is 32.9. The number of Topliss-reactive ketones (excluding diaryl/α,β-unsaturated/α-hetero) is 3. The highest BCUT2D eigenvalue weighted by Gasteiger charge is 2.11. The monoisotopic (exact) mass is 335 g/mol. The van der Waals surface area contributed by atoms with Crippen molar-refractivity contribution in [2.24, 2.45) is 0 Å². The van der Waals surface area contributed by atoms with Crippen LogP contribution >= 0.6 is 11.5 Å². The minimum Gasteiger partial charge on any atom is -0.387 e. The molecule has 0 fully saturated rings. The lowest BCUT2D eigenvalue weighted by Gasteiger charge is -1.83. The maximum atomic E-state index is 10.6. The quantitative estimate of drug-likeness (QED) is 0.359. The fourth-order valence-corrected chi connectivity index (χ4v) is 1.21. The summed E-state index contributed by atoms with van der Waals surface area (Å²) in [6, 6.07) is 3.12. The van der Waals surface area contributed by atoms with Gasteiger partial charge in [-0.05, 0) is 6.92 Å². The molecule has 10 nitrogen and oxygen atoms in total. The van der Waals surface area contributed by atoms with E-state index < -0.39 is 11.5 Å². The van der Waals surface area contributed by atoms with Crippen molar-refractivity contribution in [2.45, 2.75) is 27.2 Å². The van der Waals surface area contributed by atoms with Gasteiger partial charge >= 0.3 is 5.71 Å². The predicted octanol–water partition coefficient (Wildman–Crippen LogP) is 0.582. The van der Waals surface area contributed by atoms with Crippen molar-refractivity contribution in [1.29, 1.82) is 10.5 Å². The van der Waals surface area contributed by atoms with Crippen LogP contribution in [0.2, 0.25) is 0 Å². The maximum Gasteiger partial charge on any atom is 0.433 e. The van der Waals surface area contributed by atoms with Crippen LogP contribution in [0.5, 0.6) is 0 Å². The second kappa shape index (κ2) is 12.5. The molecule has 0 aliphatic carbocycles. The Bertz CT molecular complexity index is 705. The molecular weight excluding hydrogens is 322 g/mol. The van der Waals surface area contributed by atoms with E-state index in [4.69, 9.17) is 21.8 Å². The van der Waals surface area contributed by atoms with Crippen molar-refractivity contribution in [3.05, 3.63) is 11.2 Å². The normalized spacial score (nSPS) is 7.70. The Morgan fingerprint density at radius 3 is 1.96 bits per heavy atom. The van der Waals surface area contributed by atoms with Crippen LogP contribution in [0.3, 0.4) is 0 Å². The number of nitrogens with two attached hydrogens (primary N) is 1. The Balaban J connectivity index is 0. The van der Waals surface area contributed by atoms with Gasteiger partial charge in [0.25, 0.3) is 5.78 Å². The van der Waals surface area contributed by atoms with Gasteiger partial charge in [0, 0.05) is 25.4 Å². The van der Waals surface area contributed by atoms with Crippen LogP contribution in [0, 0.1) is 22.7 Å². The van der Waals surface area contributed by atoms with Crippen LogP contribution in [-0.2, 0) is 9.59 Å². The van der Waals surface area contributed by atoms with Crippen LogP contribution in [0.25, 0.3) is 5.53 Å². The predicted molar refractivity (Wildman–Crippen MR) is 80.2 cm³/mol. The van der Waals surface area contributed by atoms with E-state index in [1.807, 2.05) is 0 Å². The zero-order chi connectivity index (χ0) is 18.4. The topological polar surface area (TPSA) is 187 Å². The third-order valence-electron chi connectivity index (χ3n) is 1.71. The Morgan fingerprint density at radius 2 is 1.87 bits per heavy atom. The number of nitriles is 2. The first-order chi connectivity index (χ1) is 10.7. The fourth-order valence-electron chi connectivity index (χ4n) is 0.724. The number of hydrogen-bond donors (Lipinski definition) is 1. The second-order valence-electron chi connectivity index (χ2n) is 3.70. The van der Waals surface area contributed by atoms with E-state index in [-0.39, 0.29) is 23.7 Å². The average Bonchev–Trinajstić information content (AvgIpc) is 2.87.